The van der Waals surface area contributed by atoms with Crippen molar-refractivity contribution >= 4 is 12.1 Å². The predicted molar refractivity (Wildman–Crippen MR) is 174 cm³/mol. The van der Waals surface area contributed by atoms with Crippen LogP contribution >= 0.6 is 0 Å². The number of halogens is 4. The van der Waals surface area contributed by atoms with Gasteiger partial charge in [-0.3, -0.25) is 4.79 Å². The summed E-state index contributed by atoms with van der Waals surface area (Å²) in [6, 6.07) is 0.0170. The SMILES string of the molecule is O=C(CCOCCOCCOCCOCCOCCOCCOCCOCCNC(=O)OC1CCC=CCCC1)Oc1c(F)c(F)cc(F)c1F. The molecule has 0 radical (unpaired) electrons. The summed E-state index contributed by atoms with van der Waals surface area (Å²) in [6.07, 6.45) is 8.23. The number of benzene rings is 1. The maximum atomic E-state index is 13.5. The van der Waals surface area contributed by atoms with Crippen LogP contribution in [0.15, 0.2) is 18.2 Å². The molecule has 1 aliphatic carbocycles. The molecule has 292 valence electrons. The second-order valence-corrected chi connectivity index (χ2v) is 10.9. The van der Waals surface area contributed by atoms with Gasteiger partial charge in [0.2, 0.25) is 17.4 Å². The van der Waals surface area contributed by atoms with Crippen LogP contribution in [0.25, 0.3) is 0 Å². The Morgan fingerprint density at radius 1 is 0.588 bits per heavy atom. The smallest absolute Gasteiger partial charge is 0.407 e. The van der Waals surface area contributed by atoms with Gasteiger partial charge in [0.25, 0.3) is 0 Å². The molecule has 17 heteroatoms. The number of carbonyl (C=O) groups excluding carboxylic acids is 2. The number of esters is 1. The summed E-state index contributed by atoms with van der Waals surface area (Å²) in [5, 5.41) is 2.71. The maximum Gasteiger partial charge on any atom is 0.407 e. The van der Waals surface area contributed by atoms with Crippen LogP contribution in [-0.2, 0) is 47.4 Å². The van der Waals surface area contributed by atoms with Crippen molar-refractivity contribution in [2.24, 2.45) is 0 Å². The highest BCUT2D eigenvalue weighted by molar-refractivity contribution is 5.72. The first-order chi connectivity index (χ1) is 24.9. The summed E-state index contributed by atoms with van der Waals surface area (Å²) in [4.78, 5) is 23.6. The van der Waals surface area contributed by atoms with Gasteiger partial charge in [0.15, 0.2) is 11.6 Å². The van der Waals surface area contributed by atoms with Gasteiger partial charge in [-0.25, -0.2) is 13.6 Å². The zero-order chi connectivity index (χ0) is 36.8. The average Bonchev–Trinajstić information content (AvgIpc) is 3.10. The first-order valence-electron chi connectivity index (χ1n) is 17.1. The van der Waals surface area contributed by atoms with Gasteiger partial charge in [-0.2, -0.15) is 8.78 Å². The number of allylic oxidation sites excluding steroid dienone is 2. The van der Waals surface area contributed by atoms with Crippen molar-refractivity contribution in [1.82, 2.24) is 5.32 Å². The molecule has 1 aliphatic rings. The highest BCUT2D eigenvalue weighted by Crippen LogP contribution is 2.26. The molecule has 1 atom stereocenters. The minimum absolute atomic E-state index is 0.0170. The van der Waals surface area contributed by atoms with E-state index < -0.39 is 47.5 Å². The minimum Gasteiger partial charge on any atom is -0.446 e. The third kappa shape index (κ3) is 22.6. The third-order valence-corrected chi connectivity index (χ3v) is 6.85. The van der Waals surface area contributed by atoms with Crippen molar-refractivity contribution in [1.29, 1.82) is 0 Å². The zero-order valence-corrected chi connectivity index (χ0v) is 29.0. The highest BCUT2D eigenvalue weighted by Gasteiger charge is 2.23. The Hall–Kier alpha value is -2.90. The molecule has 0 saturated heterocycles. The number of hydrogen-bond donors (Lipinski definition) is 1. The Morgan fingerprint density at radius 2 is 1.02 bits per heavy atom. The number of amides is 1. The van der Waals surface area contributed by atoms with Crippen LogP contribution in [0.4, 0.5) is 22.4 Å². The van der Waals surface area contributed by atoms with Crippen LogP contribution in [0.1, 0.15) is 38.5 Å². The largest absolute Gasteiger partial charge is 0.446 e. The summed E-state index contributed by atoms with van der Waals surface area (Å²) in [5.41, 5.74) is 0. The molecular formula is C34H51F4NO12. The van der Waals surface area contributed by atoms with Gasteiger partial charge >= 0.3 is 12.1 Å². The molecule has 0 aliphatic heterocycles. The number of hydrogen-bond acceptors (Lipinski definition) is 12. The summed E-state index contributed by atoms with van der Waals surface area (Å²) < 4.78 is 106. The zero-order valence-electron chi connectivity index (χ0n) is 29.0. The van der Waals surface area contributed by atoms with Gasteiger partial charge in [0, 0.05) is 12.6 Å². The Morgan fingerprint density at radius 3 is 1.51 bits per heavy atom. The van der Waals surface area contributed by atoms with E-state index in [0.29, 0.717) is 92.4 Å². The molecule has 0 saturated carbocycles. The number of rotatable bonds is 29. The van der Waals surface area contributed by atoms with Crippen molar-refractivity contribution in [2.45, 2.75) is 44.6 Å². The lowest BCUT2D eigenvalue weighted by Gasteiger charge is -2.18. The van der Waals surface area contributed by atoms with E-state index in [2.05, 4.69) is 22.2 Å². The van der Waals surface area contributed by atoms with Crippen LogP contribution in [0.5, 0.6) is 5.75 Å². The van der Waals surface area contributed by atoms with E-state index in [4.69, 9.17) is 42.6 Å². The summed E-state index contributed by atoms with van der Waals surface area (Å²) in [7, 11) is 0. The summed E-state index contributed by atoms with van der Waals surface area (Å²) >= 11 is 0. The molecule has 13 nitrogen and oxygen atoms in total. The molecule has 1 aromatic carbocycles. The lowest BCUT2D eigenvalue weighted by atomic mass is 10.0. The first kappa shape index (κ1) is 44.3. The third-order valence-electron chi connectivity index (χ3n) is 6.85. The van der Waals surface area contributed by atoms with Crippen LogP contribution < -0.4 is 10.1 Å². The topological polar surface area (TPSA) is 138 Å². The molecule has 0 bridgehead atoms. The van der Waals surface area contributed by atoms with Crippen LogP contribution in [-0.4, -0.2) is 130 Å². The van der Waals surface area contributed by atoms with Gasteiger partial charge < -0.3 is 52.7 Å². The molecule has 1 amide bonds. The van der Waals surface area contributed by atoms with E-state index >= 15 is 0 Å². The minimum atomic E-state index is -1.80. The number of nitrogens with one attached hydrogen (secondary N) is 1. The van der Waals surface area contributed by atoms with Gasteiger partial charge in [-0.15, -0.1) is 0 Å². The Labute approximate surface area is 296 Å². The fourth-order valence-corrected chi connectivity index (χ4v) is 4.26. The second kappa shape index (κ2) is 29.7. The Bertz CT molecular complexity index is 1090. The highest BCUT2D eigenvalue weighted by atomic mass is 19.2. The Balaban J connectivity index is 1.22. The van der Waals surface area contributed by atoms with E-state index in [0.717, 1.165) is 32.1 Å². The van der Waals surface area contributed by atoms with Crippen molar-refractivity contribution < 1.29 is 74.5 Å². The standard InChI is InChI=1S/C34H51F4NO12/c35-28-26-29(36)32(38)33(31(28)37)51-30(40)8-10-42-12-14-44-16-18-46-20-22-48-24-25-49-23-21-47-19-17-45-15-13-43-11-9-39-34(41)50-27-6-4-2-1-3-5-7-27/h1-2,26-27H,3-25H2,(H,39,41). The van der Waals surface area contributed by atoms with Gasteiger partial charge in [0.1, 0.15) is 6.10 Å². The van der Waals surface area contributed by atoms with Crippen molar-refractivity contribution in [2.75, 3.05) is 112 Å². The average molecular weight is 742 g/mol. The maximum absolute atomic E-state index is 13.5. The quantitative estimate of drug-likeness (QED) is 0.0313. The predicted octanol–water partition coefficient (Wildman–Crippen LogP) is 4.29. The van der Waals surface area contributed by atoms with E-state index in [1.54, 1.807) is 0 Å². The molecule has 2 rings (SSSR count). The van der Waals surface area contributed by atoms with Crippen LogP contribution in [0, 0.1) is 23.3 Å². The van der Waals surface area contributed by atoms with E-state index in [9.17, 15) is 27.2 Å². The summed E-state index contributed by atoms with van der Waals surface area (Å²) in [6.45, 7) is 5.72. The first-order valence-corrected chi connectivity index (χ1v) is 17.1. The summed E-state index contributed by atoms with van der Waals surface area (Å²) in [5.74, 6) is -9.49. The van der Waals surface area contributed by atoms with Crippen molar-refractivity contribution in [3.05, 3.63) is 41.5 Å². The molecule has 51 heavy (non-hydrogen) atoms. The molecule has 0 fully saturated rings. The number of carbonyl (C=O) groups is 2. The van der Waals surface area contributed by atoms with E-state index in [1.807, 2.05) is 0 Å². The molecule has 0 heterocycles. The van der Waals surface area contributed by atoms with E-state index in [-0.39, 0.29) is 32.0 Å². The number of alkyl carbamates (subject to hydrolysis) is 1. The monoisotopic (exact) mass is 741 g/mol. The molecule has 1 aromatic rings. The fourth-order valence-electron chi connectivity index (χ4n) is 4.26. The van der Waals surface area contributed by atoms with Gasteiger partial charge in [0.05, 0.1) is 112 Å². The van der Waals surface area contributed by atoms with E-state index in [1.165, 1.54) is 0 Å². The second-order valence-electron chi connectivity index (χ2n) is 10.9. The molecule has 1 N–H and O–H groups in total. The molecular weight excluding hydrogens is 690 g/mol. The normalized spacial score (nSPS) is 14.6. The van der Waals surface area contributed by atoms with Crippen molar-refractivity contribution in [3.63, 3.8) is 0 Å². The van der Waals surface area contributed by atoms with Gasteiger partial charge in [-0.05, 0) is 32.1 Å². The van der Waals surface area contributed by atoms with Crippen molar-refractivity contribution in [3.8, 4) is 5.75 Å². The van der Waals surface area contributed by atoms with Crippen LogP contribution in [0.2, 0.25) is 0 Å². The molecule has 0 spiro atoms. The van der Waals surface area contributed by atoms with Gasteiger partial charge in [-0.1, -0.05) is 12.2 Å². The van der Waals surface area contributed by atoms with Crippen LogP contribution in [0.3, 0.4) is 0 Å². The number of ether oxygens (including phenoxy) is 10. The Kier molecular flexibility index (Phi) is 25.7. The lowest BCUT2D eigenvalue weighted by molar-refractivity contribution is -0.136. The molecule has 1 unspecified atom stereocenters. The fraction of sp³-hybridized carbons (Fsp3) is 0.706. The molecule has 0 aromatic heterocycles. The lowest BCUT2D eigenvalue weighted by Crippen LogP contribution is -2.31.